The average Bonchev–Trinajstić information content (AvgIpc) is 2.96. The maximum atomic E-state index is 3.70. The van der Waals surface area contributed by atoms with Gasteiger partial charge in [-0.25, -0.2) is 0 Å². The third-order valence-electron chi connectivity index (χ3n) is 4.05. The molecule has 1 aromatic carbocycles. The Hall–Kier alpha value is -1.32. The summed E-state index contributed by atoms with van der Waals surface area (Å²) in [6.45, 7) is 5.69. The number of likely N-dealkylation sites (tertiary alicyclic amines) is 1. The number of piperidine rings is 1. The molecular formula is C17H22N2S. The van der Waals surface area contributed by atoms with Crippen molar-refractivity contribution >= 4 is 17.0 Å². The van der Waals surface area contributed by atoms with Crippen LogP contribution in [0.25, 0.3) is 0 Å². The minimum Gasteiger partial charge on any atom is -0.382 e. The second-order valence-electron chi connectivity index (χ2n) is 5.59. The van der Waals surface area contributed by atoms with Crippen LogP contribution in [-0.4, -0.2) is 24.0 Å². The lowest BCUT2D eigenvalue weighted by Crippen LogP contribution is -2.38. The molecule has 0 bridgehead atoms. The van der Waals surface area contributed by atoms with E-state index in [2.05, 4.69) is 58.9 Å². The fourth-order valence-corrected chi connectivity index (χ4v) is 3.56. The fraction of sp³-hybridized carbons (Fsp3) is 0.412. The Kier molecular flexibility index (Phi) is 4.38. The van der Waals surface area contributed by atoms with E-state index < -0.39 is 0 Å². The summed E-state index contributed by atoms with van der Waals surface area (Å²) in [6, 6.07) is 13.6. The van der Waals surface area contributed by atoms with Crippen LogP contribution in [0.1, 0.15) is 23.3 Å². The van der Waals surface area contributed by atoms with Crippen LogP contribution in [0.3, 0.4) is 0 Å². The van der Waals surface area contributed by atoms with Crippen molar-refractivity contribution in [3.8, 4) is 0 Å². The molecule has 0 atom stereocenters. The molecule has 0 radical (unpaired) electrons. The Morgan fingerprint density at radius 3 is 2.65 bits per heavy atom. The van der Waals surface area contributed by atoms with Crippen molar-refractivity contribution in [3.63, 3.8) is 0 Å². The topological polar surface area (TPSA) is 15.3 Å². The molecule has 2 nitrogen and oxygen atoms in total. The van der Waals surface area contributed by atoms with Crippen LogP contribution in [0.4, 0.5) is 5.69 Å². The van der Waals surface area contributed by atoms with E-state index in [1.807, 2.05) is 11.3 Å². The summed E-state index contributed by atoms with van der Waals surface area (Å²) in [5.74, 6) is 0. The van der Waals surface area contributed by atoms with Crippen molar-refractivity contribution < 1.29 is 0 Å². The SMILES string of the molecule is Cc1ccccc1NC1CCN(Cc2cccs2)CC1. The van der Waals surface area contributed by atoms with Gasteiger partial charge in [0.2, 0.25) is 0 Å². The van der Waals surface area contributed by atoms with Crippen molar-refractivity contribution in [2.45, 2.75) is 32.4 Å². The zero-order valence-corrected chi connectivity index (χ0v) is 12.8. The van der Waals surface area contributed by atoms with E-state index in [1.54, 1.807) is 0 Å². The van der Waals surface area contributed by atoms with Crippen molar-refractivity contribution in [2.75, 3.05) is 18.4 Å². The zero-order valence-electron chi connectivity index (χ0n) is 12.0. The minimum absolute atomic E-state index is 0.621. The number of anilines is 1. The smallest absolute Gasteiger partial charge is 0.0372 e. The molecule has 1 N–H and O–H groups in total. The monoisotopic (exact) mass is 286 g/mol. The summed E-state index contributed by atoms with van der Waals surface area (Å²) in [7, 11) is 0. The number of hydrogen-bond acceptors (Lipinski definition) is 3. The molecule has 3 heteroatoms. The normalized spacial score (nSPS) is 17.2. The molecule has 1 fully saturated rings. The Balaban J connectivity index is 1.50. The molecule has 1 saturated heterocycles. The van der Waals surface area contributed by atoms with Crippen molar-refractivity contribution in [1.29, 1.82) is 0 Å². The van der Waals surface area contributed by atoms with Crippen LogP contribution in [0.5, 0.6) is 0 Å². The minimum atomic E-state index is 0.621. The van der Waals surface area contributed by atoms with Gasteiger partial charge in [-0.3, -0.25) is 4.90 Å². The van der Waals surface area contributed by atoms with Crippen molar-refractivity contribution in [3.05, 3.63) is 52.2 Å². The summed E-state index contributed by atoms with van der Waals surface area (Å²) in [5, 5.41) is 5.87. The first-order chi connectivity index (χ1) is 9.81. The predicted octanol–water partition coefficient (Wildman–Crippen LogP) is 4.13. The Morgan fingerprint density at radius 1 is 1.15 bits per heavy atom. The van der Waals surface area contributed by atoms with Gasteiger partial charge in [-0.2, -0.15) is 0 Å². The summed E-state index contributed by atoms with van der Waals surface area (Å²) in [4.78, 5) is 4.05. The molecule has 20 heavy (non-hydrogen) atoms. The van der Waals surface area contributed by atoms with Gasteiger partial charge in [0.1, 0.15) is 0 Å². The van der Waals surface area contributed by atoms with Gasteiger partial charge in [0.15, 0.2) is 0 Å². The summed E-state index contributed by atoms with van der Waals surface area (Å²) < 4.78 is 0. The van der Waals surface area contributed by atoms with E-state index in [4.69, 9.17) is 0 Å². The lowest BCUT2D eigenvalue weighted by Gasteiger charge is -2.32. The number of rotatable bonds is 4. The van der Waals surface area contributed by atoms with Gasteiger partial charge in [-0.15, -0.1) is 11.3 Å². The first kappa shape index (κ1) is 13.7. The van der Waals surface area contributed by atoms with E-state index >= 15 is 0 Å². The summed E-state index contributed by atoms with van der Waals surface area (Å²) in [6.07, 6.45) is 2.47. The van der Waals surface area contributed by atoms with Crippen LogP contribution < -0.4 is 5.32 Å². The first-order valence-corrected chi connectivity index (χ1v) is 8.26. The number of para-hydroxylation sites is 1. The molecule has 0 spiro atoms. The molecule has 3 rings (SSSR count). The Bertz CT molecular complexity index is 528. The van der Waals surface area contributed by atoms with Crippen molar-refractivity contribution in [1.82, 2.24) is 4.90 Å². The average molecular weight is 286 g/mol. The highest BCUT2D eigenvalue weighted by Gasteiger charge is 2.19. The van der Waals surface area contributed by atoms with Crippen LogP contribution >= 0.6 is 11.3 Å². The molecule has 0 unspecified atom stereocenters. The number of thiophene rings is 1. The summed E-state index contributed by atoms with van der Waals surface area (Å²) in [5.41, 5.74) is 2.64. The molecule has 1 aromatic heterocycles. The van der Waals surface area contributed by atoms with E-state index in [0.29, 0.717) is 6.04 Å². The van der Waals surface area contributed by atoms with Crippen molar-refractivity contribution in [2.24, 2.45) is 0 Å². The van der Waals surface area contributed by atoms with E-state index in [9.17, 15) is 0 Å². The molecule has 106 valence electrons. The fourth-order valence-electron chi connectivity index (χ4n) is 2.81. The molecule has 0 amide bonds. The summed E-state index contributed by atoms with van der Waals surface area (Å²) >= 11 is 1.86. The highest BCUT2D eigenvalue weighted by atomic mass is 32.1. The van der Waals surface area contributed by atoms with Gasteiger partial charge >= 0.3 is 0 Å². The number of aryl methyl sites for hydroxylation is 1. The van der Waals surface area contributed by atoms with Gasteiger partial charge in [0.05, 0.1) is 0 Å². The zero-order chi connectivity index (χ0) is 13.8. The molecule has 0 saturated carbocycles. The van der Waals surface area contributed by atoms with Crippen LogP contribution in [0.15, 0.2) is 41.8 Å². The highest BCUT2D eigenvalue weighted by molar-refractivity contribution is 7.09. The third-order valence-corrected chi connectivity index (χ3v) is 4.91. The van der Waals surface area contributed by atoms with E-state index in [0.717, 1.165) is 6.54 Å². The van der Waals surface area contributed by atoms with E-state index in [1.165, 1.54) is 42.1 Å². The number of hydrogen-bond donors (Lipinski definition) is 1. The molecule has 2 heterocycles. The first-order valence-electron chi connectivity index (χ1n) is 7.38. The maximum Gasteiger partial charge on any atom is 0.0372 e. The molecular weight excluding hydrogens is 264 g/mol. The van der Waals surface area contributed by atoms with Gasteiger partial charge in [0, 0.05) is 36.2 Å². The quantitative estimate of drug-likeness (QED) is 0.909. The van der Waals surface area contributed by atoms with Gasteiger partial charge in [0.25, 0.3) is 0 Å². The van der Waals surface area contributed by atoms with Gasteiger partial charge in [-0.1, -0.05) is 24.3 Å². The van der Waals surface area contributed by atoms with E-state index in [-0.39, 0.29) is 0 Å². The molecule has 1 aliphatic rings. The van der Waals surface area contributed by atoms with Gasteiger partial charge in [-0.05, 0) is 42.8 Å². The van der Waals surface area contributed by atoms with Crippen LogP contribution in [-0.2, 0) is 6.54 Å². The number of nitrogens with one attached hydrogen (secondary N) is 1. The lowest BCUT2D eigenvalue weighted by molar-refractivity contribution is 0.213. The second kappa shape index (κ2) is 6.42. The Morgan fingerprint density at radius 2 is 1.95 bits per heavy atom. The molecule has 1 aliphatic heterocycles. The van der Waals surface area contributed by atoms with Crippen LogP contribution in [0.2, 0.25) is 0 Å². The molecule has 2 aromatic rings. The highest BCUT2D eigenvalue weighted by Crippen LogP contribution is 2.21. The third kappa shape index (κ3) is 3.41. The second-order valence-corrected chi connectivity index (χ2v) is 6.62. The molecule has 0 aliphatic carbocycles. The number of nitrogens with zero attached hydrogens (tertiary/aromatic N) is 1. The largest absolute Gasteiger partial charge is 0.382 e. The maximum absolute atomic E-state index is 3.70. The van der Waals surface area contributed by atoms with Crippen LogP contribution in [0, 0.1) is 6.92 Å². The lowest BCUT2D eigenvalue weighted by atomic mass is 10.0. The number of benzene rings is 1. The standard InChI is InChI=1S/C17H22N2S/c1-14-5-2-3-7-17(14)18-15-8-10-19(11-9-15)13-16-6-4-12-20-16/h2-7,12,15,18H,8-11,13H2,1H3. The predicted molar refractivity (Wildman–Crippen MR) is 87.4 cm³/mol. The van der Waals surface area contributed by atoms with Gasteiger partial charge < -0.3 is 5.32 Å². The Labute approximate surface area is 125 Å².